The van der Waals surface area contributed by atoms with Crippen molar-refractivity contribution in [2.45, 2.75) is 32.1 Å². The predicted octanol–water partition coefficient (Wildman–Crippen LogP) is 4.32. The van der Waals surface area contributed by atoms with Gasteiger partial charge in [0.1, 0.15) is 11.5 Å². The third-order valence-electron chi connectivity index (χ3n) is 5.15. The molecule has 3 N–H and O–H groups in total. The molecule has 1 aliphatic carbocycles. The molecule has 2 aromatic carbocycles. The van der Waals surface area contributed by atoms with E-state index in [1.807, 2.05) is 30.3 Å². The molecule has 5 nitrogen and oxygen atoms in total. The topological polar surface area (TPSA) is 78.2 Å². The van der Waals surface area contributed by atoms with Crippen molar-refractivity contribution in [2.75, 3.05) is 0 Å². The summed E-state index contributed by atoms with van der Waals surface area (Å²) in [7, 11) is 0. The number of imidazole rings is 1. The number of phenolic OH excluding ortho intramolecular Hbond substituents is 2. The number of H-pyrrole nitrogens is 1. The number of rotatable bonds is 3. The van der Waals surface area contributed by atoms with Gasteiger partial charge in [-0.2, -0.15) is 0 Å². The number of nitrogens with zero attached hydrogens (tertiary/aromatic N) is 1. The Balaban J connectivity index is 1.78. The van der Waals surface area contributed by atoms with Crippen LogP contribution in [0.2, 0.25) is 0 Å². The highest BCUT2D eigenvalue weighted by molar-refractivity contribution is 5.78. The lowest BCUT2D eigenvalue weighted by atomic mass is 9.88. The molecule has 5 heteroatoms. The fraction of sp³-hybridized carbons (Fsp3) is 0.286. The van der Waals surface area contributed by atoms with Crippen molar-refractivity contribution in [1.82, 2.24) is 9.55 Å². The highest BCUT2D eigenvalue weighted by atomic mass is 16.3. The van der Waals surface area contributed by atoms with Gasteiger partial charge < -0.3 is 15.2 Å². The number of nitrogens with one attached hydrogen (secondary N) is 1. The van der Waals surface area contributed by atoms with Gasteiger partial charge in [0.05, 0.1) is 16.7 Å². The second-order valence-corrected chi connectivity index (χ2v) is 6.94. The number of fused-ring (bicyclic) bond motifs is 1. The number of aromatic nitrogens is 2. The van der Waals surface area contributed by atoms with Crippen molar-refractivity contribution < 1.29 is 10.2 Å². The zero-order valence-corrected chi connectivity index (χ0v) is 14.5. The summed E-state index contributed by atoms with van der Waals surface area (Å²) in [4.78, 5) is 15.2. The molecule has 1 aliphatic rings. The second kappa shape index (κ2) is 6.75. The standard InChI is InChI=1S/C21H22N2O3/c24-19-13-20(25)18(12-15(19)11-10-14-6-2-1-3-7-14)23-17-9-5-4-8-16(17)22-21(23)26/h4-5,8-14,24-25H,1-3,6-7H2,(H,22,26). The lowest BCUT2D eigenvalue weighted by molar-refractivity contribution is 0.420. The molecule has 0 spiro atoms. The van der Waals surface area contributed by atoms with Crippen LogP contribution in [0.4, 0.5) is 0 Å². The van der Waals surface area contributed by atoms with E-state index in [0.29, 0.717) is 28.2 Å². The monoisotopic (exact) mass is 350 g/mol. The van der Waals surface area contributed by atoms with E-state index in [1.54, 1.807) is 6.07 Å². The third-order valence-corrected chi connectivity index (χ3v) is 5.15. The van der Waals surface area contributed by atoms with Gasteiger partial charge in [0.15, 0.2) is 0 Å². The summed E-state index contributed by atoms with van der Waals surface area (Å²) in [6, 6.07) is 10.3. The molecule has 1 fully saturated rings. The maximum Gasteiger partial charge on any atom is 0.331 e. The highest BCUT2D eigenvalue weighted by Gasteiger charge is 2.15. The summed E-state index contributed by atoms with van der Waals surface area (Å²) in [5, 5.41) is 20.5. The Hall–Kier alpha value is -2.95. The third kappa shape index (κ3) is 3.01. The van der Waals surface area contributed by atoms with Crippen molar-refractivity contribution in [1.29, 1.82) is 0 Å². The normalized spacial score (nSPS) is 15.8. The minimum Gasteiger partial charge on any atom is -0.507 e. The van der Waals surface area contributed by atoms with Crippen LogP contribution in [0.3, 0.4) is 0 Å². The summed E-state index contributed by atoms with van der Waals surface area (Å²) in [6.07, 6.45) is 10.1. The first kappa shape index (κ1) is 16.5. The van der Waals surface area contributed by atoms with Gasteiger partial charge in [-0.3, -0.25) is 4.57 Å². The predicted molar refractivity (Wildman–Crippen MR) is 103 cm³/mol. The van der Waals surface area contributed by atoms with Gasteiger partial charge in [-0.1, -0.05) is 43.5 Å². The van der Waals surface area contributed by atoms with Crippen molar-refractivity contribution in [3.8, 4) is 17.2 Å². The van der Waals surface area contributed by atoms with Crippen molar-refractivity contribution >= 4 is 17.1 Å². The number of para-hydroxylation sites is 2. The summed E-state index contributed by atoms with van der Waals surface area (Å²) < 4.78 is 1.43. The lowest BCUT2D eigenvalue weighted by Gasteiger charge is -2.17. The average molecular weight is 350 g/mol. The first-order valence-corrected chi connectivity index (χ1v) is 9.08. The van der Waals surface area contributed by atoms with Gasteiger partial charge in [0.25, 0.3) is 0 Å². The number of benzene rings is 2. The SMILES string of the molecule is O=c1[nH]c2ccccc2n1-c1cc(C=CC2CCCCC2)c(O)cc1O. The van der Waals surface area contributed by atoms with Crippen LogP contribution in [0.1, 0.15) is 37.7 Å². The largest absolute Gasteiger partial charge is 0.507 e. The second-order valence-electron chi connectivity index (χ2n) is 6.94. The molecule has 1 aromatic heterocycles. The molecule has 0 atom stereocenters. The molecule has 134 valence electrons. The maximum atomic E-state index is 12.4. The van der Waals surface area contributed by atoms with Crippen molar-refractivity contribution in [3.05, 3.63) is 58.5 Å². The minimum absolute atomic E-state index is 0.00574. The van der Waals surface area contributed by atoms with Crippen molar-refractivity contribution in [3.63, 3.8) is 0 Å². The highest BCUT2D eigenvalue weighted by Crippen LogP contribution is 2.33. The molecule has 0 aliphatic heterocycles. The van der Waals surface area contributed by atoms with Crippen LogP contribution in [0, 0.1) is 5.92 Å². The molecule has 3 aromatic rings. The molecule has 0 saturated heterocycles. The summed E-state index contributed by atoms with van der Waals surface area (Å²) in [5.41, 5.74) is 2.01. The van der Waals surface area contributed by atoms with Gasteiger partial charge in [-0.25, -0.2) is 4.79 Å². The van der Waals surface area contributed by atoms with Crippen LogP contribution in [-0.4, -0.2) is 19.8 Å². The number of allylic oxidation sites excluding steroid dienone is 1. The molecule has 0 radical (unpaired) electrons. The van der Waals surface area contributed by atoms with E-state index in [2.05, 4.69) is 11.1 Å². The molecule has 0 unspecified atom stereocenters. The Morgan fingerprint density at radius 1 is 1.04 bits per heavy atom. The van der Waals surface area contributed by atoms with Crippen LogP contribution >= 0.6 is 0 Å². The van der Waals surface area contributed by atoms with Crippen LogP contribution in [0.5, 0.6) is 11.5 Å². The lowest BCUT2D eigenvalue weighted by Crippen LogP contribution is -2.14. The summed E-state index contributed by atoms with van der Waals surface area (Å²) in [6.45, 7) is 0. The van der Waals surface area contributed by atoms with Crippen LogP contribution in [-0.2, 0) is 0 Å². The zero-order chi connectivity index (χ0) is 18.1. The van der Waals surface area contributed by atoms with Crippen LogP contribution in [0.15, 0.2) is 47.3 Å². The van der Waals surface area contributed by atoms with E-state index in [9.17, 15) is 15.0 Å². The quantitative estimate of drug-likeness (QED) is 0.658. The number of hydrogen-bond acceptors (Lipinski definition) is 3. The number of aromatic hydroxyl groups is 2. The molecular formula is C21H22N2O3. The Kier molecular flexibility index (Phi) is 4.29. The average Bonchev–Trinajstić information content (AvgIpc) is 2.98. The van der Waals surface area contributed by atoms with Gasteiger partial charge in [0.2, 0.25) is 0 Å². The summed E-state index contributed by atoms with van der Waals surface area (Å²) >= 11 is 0. The molecule has 1 saturated carbocycles. The first-order valence-electron chi connectivity index (χ1n) is 9.08. The number of phenols is 2. The zero-order valence-electron chi connectivity index (χ0n) is 14.5. The van der Waals surface area contributed by atoms with Gasteiger partial charge in [-0.05, 0) is 37.0 Å². The smallest absolute Gasteiger partial charge is 0.331 e. The Morgan fingerprint density at radius 3 is 2.62 bits per heavy atom. The molecule has 0 amide bonds. The van der Waals surface area contributed by atoms with Gasteiger partial charge in [0, 0.05) is 11.6 Å². The van der Waals surface area contributed by atoms with Crippen molar-refractivity contribution in [2.24, 2.45) is 5.92 Å². The molecule has 26 heavy (non-hydrogen) atoms. The molecule has 0 bridgehead atoms. The molecule has 4 rings (SSSR count). The molecule has 1 heterocycles. The van der Waals surface area contributed by atoms with Gasteiger partial charge >= 0.3 is 5.69 Å². The minimum atomic E-state index is -0.325. The Morgan fingerprint density at radius 2 is 1.81 bits per heavy atom. The number of aromatic amines is 1. The van der Waals surface area contributed by atoms with Gasteiger partial charge in [-0.15, -0.1) is 0 Å². The van der Waals surface area contributed by atoms with Crippen LogP contribution in [0.25, 0.3) is 22.8 Å². The maximum absolute atomic E-state index is 12.4. The van der Waals surface area contributed by atoms with E-state index in [0.717, 1.165) is 0 Å². The summed E-state index contributed by atoms with van der Waals surface area (Å²) in [5.74, 6) is 0.395. The van der Waals surface area contributed by atoms with E-state index in [-0.39, 0.29) is 17.2 Å². The fourth-order valence-corrected chi connectivity index (χ4v) is 3.75. The van der Waals surface area contributed by atoms with E-state index < -0.39 is 0 Å². The number of hydrogen-bond donors (Lipinski definition) is 3. The van der Waals surface area contributed by atoms with E-state index >= 15 is 0 Å². The Bertz CT molecular complexity index is 1020. The van der Waals surface area contributed by atoms with E-state index in [4.69, 9.17) is 0 Å². The fourth-order valence-electron chi connectivity index (χ4n) is 3.75. The van der Waals surface area contributed by atoms with E-state index in [1.165, 1.54) is 42.7 Å². The Labute approximate surface area is 151 Å². The molecular weight excluding hydrogens is 328 g/mol. The van der Waals surface area contributed by atoms with Crippen LogP contribution < -0.4 is 5.69 Å². The first-order chi connectivity index (χ1) is 12.6.